The molecule has 5 nitrogen and oxygen atoms in total. The molecule has 0 fully saturated rings. The molecule has 1 aromatic heterocycles. The van der Waals surface area contributed by atoms with Crippen molar-refractivity contribution in [3.05, 3.63) is 58.9 Å². The van der Waals surface area contributed by atoms with Gasteiger partial charge in [-0.25, -0.2) is 0 Å². The molecule has 1 aromatic carbocycles. The second-order valence-electron chi connectivity index (χ2n) is 6.34. The van der Waals surface area contributed by atoms with E-state index in [9.17, 15) is 0 Å². The molecule has 150 valence electrons. The number of aryl methyl sites for hydroxylation is 1. The van der Waals surface area contributed by atoms with Crippen LogP contribution in [0.15, 0.2) is 47.6 Å². The third-order valence-corrected chi connectivity index (χ3v) is 4.36. The Bertz CT molecular complexity index is 691. The van der Waals surface area contributed by atoms with E-state index in [2.05, 4.69) is 27.3 Å². The first kappa shape index (κ1) is 23.8. The molecule has 1 N–H and O–H groups in total. The number of hydrogen-bond acceptors (Lipinski definition) is 2. The average molecular weight is 505 g/mol. The number of benzene rings is 1. The zero-order chi connectivity index (χ0) is 18.8. The van der Waals surface area contributed by atoms with Crippen molar-refractivity contribution >= 4 is 41.5 Å². The summed E-state index contributed by atoms with van der Waals surface area (Å²) >= 11 is 6.05. The molecule has 27 heavy (non-hydrogen) atoms. The molecule has 0 amide bonds. The quantitative estimate of drug-likeness (QED) is 0.240. The molecule has 0 aliphatic heterocycles. The highest BCUT2D eigenvalue weighted by Crippen LogP contribution is 2.14. The number of unbranched alkanes of at least 4 members (excludes halogenated alkanes) is 1. The lowest BCUT2D eigenvalue weighted by Crippen LogP contribution is -2.39. The molecular weight excluding hydrogens is 475 g/mol. The molecule has 1 heterocycles. The summed E-state index contributed by atoms with van der Waals surface area (Å²) in [6.45, 7) is 3.08. The predicted molar refractivity (Wildman–Crippen MR) is 124 cm³/mol. The zero-order valence-electron chi connectivity index (χ0n) is 16.3. The molecule has 0 radical (unpaired) electrons. The van der Waals surface area contributed by atoms with Crippen molar-refractivity contribution in [1.29, 1.82) is 0 Å². The molecule has 2 aromatic rings. The van der Waals surface area contributed by atoms with Gasteiger partial charge in [-0.2, -0.15) is 0 Å². The normalized spacial score (nSPS) is 11.2. The van der Waals surface area contributed by atoms with Crippen molar-refractivity contribution in [2.75, 3.05) is 27.2 Å². The molecule has 0 aliphatic rings. The minimum atomic E-state index is 0. The van der Waals surface area contributed by atoms with E-state index >= 15 is 0 Å². The fourth-order valence-electron chi connectivity index (χ4n) is 2.72. The van der Waals surface area contributed by atoms with Gasteiger partial charge in [-0.05, 0) is 24.5 Å². The van der Waals surface area contributed by atoms with Gasteiger partial charge in [0.1, 0.15) is 0 Å². The third kappa shape index (κ3) is 8.53. The minimum Gasteiger partial charge on any atom is -0.377 e. The van der Waals surface area contributed by atoms with Crippen LogP contribution in [0, 0.1) is 0 Å². The molecule has 0 bridgehead atoms. The number of nitrogens with one attached hydrogen (secondary N) is 1. The van der Waals surface area contributed by atoms with E-state index in [1.54, 1.807) is 7.05 Å². The summed E-state index contributed by atoms with van der Waals surface area (Å²) in [5.74, 6) is 0.882. The molecule has 0 saturated carbocycles. The largest absolute Gasteiger partial charge is 0.377 e. The minimum absolute atomic E-state index is 0. The number of halogens is 2. The number of nitrogens with zero attached hydrogens (tertiary/aromatic N) is 3. The summed E-state index contributed by atoms with van der Waals surface area (Å²) in [5, 5.41) is 4.16. The van der Waals surface area contributed by atoms with Crippen LogP contribution in [0.2, 0.25) is 5.02 Å². The number of guanidine groups is 1. The van der Waals surface area contributed by atoms with Gasteiger partial charge in [0, 0.05) is 46.2 Å². The lowest BCUT2D eigenvalue weighted by molar-refractivity contribution is 0.117. The Morgan fingerprint density at radius 2 is 2.00 bits per heavy atom. The predicted octanol–water partition coefficient (Wildman–Crippen LogP) is 4.30. The van der Waals surface area contributed by atoms with E-state index < -0.39 is 0 Å². The van der Waals surface area contributed by atoms with Crippen molar-refractivity contribution in [2.24, 2.45) is 12.0 Å². The van der Waals surface area contributed by atoms with Gasteiger partial charge in [0.2, 0.25) is 0 Å². The smallest absolute Gasteiger partial charge is 0.193 e. The Balaban J connectivity index is 0.00000364. The molecule has 2 rings (SSSR count). The first-order chi connectivity index (χ1) is 12.6. The van der Waals surface area contributed by atoms with E-state index in [0.29, 0.717) is 6.61 Å². The first-order valence-corrected chi connectivity index (χ1v) is 9.32. The van der Waals surface area contributed by atoms with Crippen molar-refractivity contribution < 1.29 is 4.74 Å². The number of hydrogen-bond donors (Lipinski definition) is 1. The number of rotatable bonds is 9. The maximum Gasteiger partial charge on any atom is 0.193 e. The van der Waals surface area contributed by atoms with Crippen molar-refractivity contribution in [2.45, 2.75) is 26.0 Å². The van der Waals surface area contributed by atoms with Gasteiger partial charge < -0.3 is 19.5 Å². The van der Waals surface area contributed by atoms with Crippen molar-refractivity contribution in [1.82, 2.24) is 14.8 Å². The standard InChI is InChI=1S/C20H29ClN4O.HI/c1-22-20(25(3)15-19-13-18(21)14-24(19)2)23-11-7-8-12-26-16-17-9-5-4-6-10-17;/h4-6,9-10,13-14H,7-8,11-12,15-16H2,1-3H3,(H,22,23);1H. The maximum atomic E-state index is 6.05. The highest BCUT2D eigenvalue weighted by molar-refractivity contribution is 14.0. The van der Waals surface area contributed by atoms with Gasteiger partial charge in [0.25, 0.3) is 0 Å². The van der Waals surface area contributed by atoms with Crippen LogP contribution < -0.4 is 5.32 Å². The van der Waals surface area contributed by atoms with Gasteiger partial charge in [0.15, 0.2) is 5.96 Å². The van der Waals surface area contributed by atoms with Crippen LogP contribution in [0.1, 0.15) is 24.1 Å². The van der Waals surface area contributed by atoms with Crippen LogP contribution in [0.3, 0.4) is 0 Å². The maximum absolute atomic E-state index is 6.05. The second-order valence-corrected chi connectivity index (χ2v) is 6.77. The Labute approximate surface area is 184 Å². The second kappa shape index (κ2) is 13.0. The summed E-state index contributed by atoms with van der Waals surface area (Å²) in [6.07, 6.45) is 3.97. The van der Waals surface area contributed by atoms with Crippen molar-refractivity contribution in [3.8, 4) is 0 Å². The Hall–Kier alpha value is -1.25. The van der Waals surface area contributed by atoms with E-state index in [1.807, 2.05) is 49.1 Å². The van der Waals surface area contributed by atoms with Gasteiger partial charge in [0.05, 0.1) is 18.2 Å². The van der Waals surface area contributed by atoms with Crippen LogP contribution in [-0.2, 0) is 24.9 Å². The van der Waals surface area contributed by atoms with Gasteiger partial charge in [-0.1, -0.05) is 41.9 Å². The third-order valence-electron chi connectivity index (χ3n) is 4.16. The van der Waals surface area contributed by atoms with Crippen LogP contribution in [0.25, 0.3) is 0 Å². The number of aromatic nitrogens is 1. The van der Waals surface area contributed by atoms with Crippen LogP contribution >= 0.6 is 35.6 Å². The molecule has 0 saturated heterocycles. The summed E-state index contributed by atoms with van der Waals surface area (Å²) < 4.78 is 7.75. The summed E-state index contributed by atoms with van der Waals surface area (Å²) in [6, 6.07) is 12.2. The van der Waals surface area contributed by atoms with Gasteiger partial charge in [-0.15, -0.1) is 24.0 Å². The Morgan fingerprint density at radius 1 is 1.26 bits per heavy atom. The monoisotopic (exact) mass is 504 g/mol. The van der Waals surface area contributed by atoms with Gasteiger partial charge >= 0.3 is 0 Å². The highest BCUT2D eigenvalue weighted by Gasteiger charge is 2.09. The molecule has 0 atom stereocenters. The SMILES string of the molecule is CN=C(NCCCCOCc1ccccc1)N(C)Cc1cc(Cl)cn1C.I. The van der Waals surface area contributed by atoms with Gasteiger partial charge in [-0.3, -0.25) is 4.99 Å². The lowest BCUT2D eigenvalue weighted by atomic mass is 10.2. The summed E-state index contributed by atoms with van der Waals surface area (Å²) in [4.78, 5) is 6.45. The Morgan fingerprint density at radius 3 is 2.63 bits per heavy atom. The van der Waals surface area contributed by atoms with E-state index in [-0.39, 0.29) is 24.0 Å². The lowest BCUT2D eigenvalue weighted by Gasteiger charge is -2.22. The highest BCUT2D eigenvalue weighted by atomic mass is 127. The number of ether oxygens (including phenoxy) is 1. The van der Waals surface area contributed by atoms with Crippen molar-refractivity contribution in [3.63, 3.8) is 0 Å². The fourth-order valence-corrected chi connectivity index (χ4v) is 2.99. The Kier molecular flexibility index (Phi) is 11.5. The topological polar surface area (TPSA) is 41.8 Å². The van der Waals surface area contributed by atoms with E-state index in [4.69, 9.17) is 16.3 Å². The fraction of sp³-hybridized carbons (Fsp3) is 0.450. The van der Waals surface area contributed by atoms with E-state index in [0.717, 1.165) is 49.2 Å². The average Bonchev–Trinajstić information content (AvgIpc) is 2.95. The first-order valence-electron chi connectivity index (χ1n) is 8.94. The van der Waals surface area contributed by atoms with Crippen LogP contribution in [0.5, 0.6) is 0 Å². The van der Waals surface area contributed by atoms with E-state index in [1.165, 1.54) is 5.56 Å². The summed E-state index contributed by atoms with van der Waals surface area (Å²) in [7, 11) is 5.83. The van der Waals surface area contributed by atoms with Crippen LogP contribution in [0.4, 0.5) is 0 Å². The molecule has 7 heteroatoms. The molecule has 0 spiro atoms. The zero-order valence-corrected chi connectivity index (χ0v) is 19.4. The summed E-state index contributed by atoms with van der Waals surface area (Å²) in [5.41, 5.74) is 2.36. The number of aliphatic imine (C=N–C) groups is 1. The molecule has 0 unspecified atom stereocenters. The molecular formula is C20H30ClIN4O. The van der Waals surface area contributed by atoms with Crippen LogP contribution in [-0.4, -0.2) is 42.7 Å². The molecule has 0 aliphatic carbocycles.